The van der Waals surface area contributed by atoms with Crippen LogP contribution in [-0.2, 0) is 41.6 Å². The number of carbonyl (C=O) groups excluding carboxylic acids is 4. The van der Waals surface area contributed by atoms with Gasteiger partial charge in [0.2, 0.25) is 5.91 Å². The summed E-state index contributed by atoms with van der Waals surface area (Å²) >= 11 is 1.65. The SMILES string of the molecule is CCOC(=O)[C@H](CSCCC1CCN(C(=O)OCc2ccccc2)CC1)NC1CCc2ccccc2N(CC(=O)OC(C)(C)C)C1=O. The van der Waals surface area contributed by atoms with E-state index in [0.717, 1.165) is 36.1 Å². The van der Waals surface area contributed by atoms with Gasteiger partial charge in [0.15, 0.2) is 0 Å². The number of nitrogens with one attached hydrogen (secondary N) is 1. The van der Waals surface area contributed by atoms with Gasteiger partial charge in [0, 0.05) is 24.5 Å². The van der Waals surface area contributed by atoms with Gasteiger partial charge >= 0.3 is 18.0 Å². The molecule has 0 aliphatic carbocycles. The van der Waals surface area contributed by atoms with Gasteiger partial charge in [-0.15, -0.1) is 0 Å². The number of ether oxygens (including phenoxy) is 3. The van der Waals surface area contributed by atoms with Crippen molar-refractivity contribution in [3.8, 4) is 0 Å². The number of anilines is 1. The van der Waals surface area contributed by atoms with Crippen LogP contribution in [-0.4, -0.2) is 84.3 Å². The molecule has 2 aromatic rings. The van der Waals surface area contributed by atoms with Gasteiger partial charge in [0.25, 0.3) is 0 Å². The maximum Gasteiger partial charge on any atom is 0.410 e. The van der Waals surface area contributed by atoms with Crippen molar-refractivity contribution in [3.05, 3.63) is 65.7 Å². The summed E-state index contributed by atoms with van der Waals surface area (Å²) in [5.74, 6) is 0.624. The number of piperidine rings is 1. The standard InChI is InChI=1S/C36H49N3O7S/c1-5-44-34(42)30(25-47-22-19-26-17-20-38(21-18-26)35(43)45-24-27-11-7-6-8-12-27)37-29-16-15-28-13-9-10-14-31(28)39(33(29)41)23-32(40)46-36(2,3)4/h6-14,26,29-30,37H,5,15-25H2,1-4H3/t29?,30-/m0/s1. The number of likely N-dealkylation sites (tertiary alicyclic amines) is 1. The van der Waals surface area contributed by atoms with Crippen LogP contribution in [0.15, 0.2) is 54.6 Å². The highest BCUT2D eigenvalue weighted by atomic mass is 32.2. The third-order valence-corrected chi connectivity index (χ3v) is 9.36. The molecule has 0 spiro atoms. The first-order valence-corrected chi connectivity index (χ1v) is 17.8. The number of hydrogen-bond acceptors (Lipinski definition) is 9. The van der Waals surface area contributed by atoms with Gasteiger partial charge in [-0.1, -0.05) is 48.5 Å². The Labute approximate surface area is 282 Å². The Bertz CT molecular complexity index is 1340. The third-order valence-electron chi connectivity index (χ3n) is 8.26. The molecule has 2 amide bonds. The number of rotatable bonds is 13. The lowest BCUT2D eigenvalue weighted by molar-refractivity contribution is -0.154. The second-order valence-corrected chi connectivity index (χ2v) is 14.2. The quantitative estimate of drug-likeness (QED) is 0.171. The summed E-state index contributed by atoms with van der Waals surface area (Å²) in [4.78, 5) is 55.6. The van der Waals surface area contributed by atoms with Crippen molar-refractivity contribution in [1.29, 1.82) is 0 Å². The van der Waals surface area contributed by atoms with Crippen LogP contribution < -0.4 is 10.2 Å². The van der Waals surface area contributed by atoms with Crippen LogP contribution >= 0.6 is 11.8 Å². The van der Waals surface area contributed by atoms with Gasteiger partial charge in [-0.25, -0.2) is 4.79 Å². The number of aryl methyl sites for hydroxylation is 1. The third kappa shape index (κ3) is 11.3. The molecule has 1 N–H and O–H groups in total. The molecule has 0 bridgehead atoms. The molecule has 1 fully saturated rings. The smallest absolute Gasteiger partial charge is 0.410 e. The molecule has 2 atom stereocenters. The van der Waals surface area contributed by atoms with Gasteiger partial charge in [0.1, 0.15) is 24.8 Å². The Kier molecular flexibility index (Phi) is 13.5. The molecule has 2 aliphatic heterocycles. The molecule has 1 unspecified atom stereocenters. The highest BCUT2D eigenvalue weighted by Gasteiger charge is 2.35. The van der Waals surface area contributed by atoms with Crippen LogP contribution in [0.4, 0.5) is 10.5 Å². The van der Waals surface area contributed by atoms with Crippen molar-refractivity contribution in [2.45, 2.75) is 84.1 Å². The van der Waals surface area contributed by atoms with Crippen molar-refractivity contribution in [2.75, 3.05) is 42.6 Å². The minimum atomic E-state index is -0.681. The number of hydrogen-bond donors (Lipinski definition) is 1. The van der Waals surface area contributed by atoms with Crippen LogP contribution in [0.5, 0.6) is 0 Å². The van der Waals surface area contributed by atoms with E-state index in [1.165, 1.54) is 4.90 Å². The van der Waals surface area contributed by atoms with E-state index >= 15 is 0 Å². The number of carbonyl (C=O) groups is 4. The summed E-state index contributed by atoms with van der Waals surface area (Å²) < 4.78 is 16.4. The summed E-state index contributed by atoms with van der Waals surface area (Å²) in [6.45, 7) is 8.78. The van der Waals surface area contributed by atoms with Crippen LogP contribution in [0.3, 0.4) is 0 Å². The lowest BCUT2D eigenvalue weighted by Gasteiger charge is -2.31. The number of esters is 2. The Hall–Kier alpha value is -3.57. The average Bonchev–Trinajstić information content (AvgIpc) is 3.17. The first-order valence-electron chi connectivity index (χ1n) is 16.6. The van der Waals surface area contributed by atoms with Crippen molar-refractivity contribution < 1.29 is 33.4 Å². The molecule has 0 aromatic heterocycles. The van der Waals surface area contributed by atoms with E-state index in [4.69, 9.17) is 14.2 Å². The van der Waals surface area contributed by atoms with E-state index in [1.807, 2.05) is 54.6 Å². The highest BCUT2D eigenvalue weighted by molar-refractivity contribution is 7.99. The number of thioether (sulfide) groups is 1. The zero-order valence-electron chi connectivity index (χ0n) is 28.1. The summed E-state index contributed by atoms with van der Waals surface area (Å²) in [7, 11) is 0. The topological polar surface area (TPSA) is 114 Å². The molecule has 4 rings (SSSR count). The maximum atomic E-state index is 13.9. The molecule has 10 nitrogen and oxygen atoms in total. The molecule has 47 heavy (non-hydrogen) atoms. The molecule has 2 aromatic carbocycles. The van der Waals surface area contributed by atoms with E-state index in [-0.39, 0.29) is 31.8 Å². The summed E-state index contributed by atoms with van der Waals surface area (Å²) in [6.07, 6.45) is 3.61. The zero-order chi connectivity index (χ0) is 33.8. The van der Waals surface area contributed by atoms with Crippen molar-refractivity contribution in [1.82, 2.24) is 10.2 Å². The molecule has 2 aliphatic rings. The second kappa shape index (κ2) is 17.5. The first-order chi connectivity index (χ1) is 22.5. The fourth-order valence-corrected chi connectivity index (χ4v) is 7.01. The summed E-state index contributed by atoms with van der Waals surface area (Å²) in [6, 6.07) is 15.9. The normalized spacial score (nSPS) is 17.8. The Morgan fingerprint density at radius 3 is 2.38 bits per heavy atom. The molecule has 11 heteroatoms. The van der Waals surface area contributed by atoms with Crippen LogP contribution in [0, 0.1) is 5.92 Å². The molecule has 0 saturated carbocycles. The lowest BCUT2D eigenvalue weighted by Crippen LogP contribution is -2.54. The number of fused-ring (bicyclic) bond motifs is 1. The largest absolute Gasteiger partial charge is 0.465 e. The minimum Gasteiger partial charge on any atom is -0.465 e. The number of amides is 2. The fourth-order valence-electron chi connectivity index (χ4n) is 5.87. The van der Waals surface area contributed by atoms with Crippen LogP contribution in [0.2, 0.25) is 0 Å². The van der Waals surface area contributed by atoms with Crippen molar-refractivity contribution >= 4 is 41.4 Å². The summed E-state index contributed by atoms with van der Waals surface area (Å²) in [5, 5.41) is 3.30. The van der Waals surface area contributed by atoms with Crippen molar-refractivity contribution in [2.24, 2.45) is 5.92 Å². The fraction of sp³-hybridized carbons (Fsp3) is 0.556. The van der Waals surface area contributed by atoms with Gasteiger partial charge in [0.05, 0.1) is 12.6 Å². The number of para-hydroxylation sites is 1. The van der Waals surface area contributed by atoms with E-state index in [9.17, 15) is 19.2 Å². The Morgan fingerprint density at radius 2 is 1.68 bits per heavy atom. The van der Waals surface area contributed by atoms with Gasteiger partial charge in [-0.05, 0) is 88.7 Å². The van der Waals surface area contributed by atoms with Crippen molar-refractivity contribution in [3.63, 3.8) is 0 Å². The predicted molar refractivity (Wildman–Crippen MR) is 183 cm³/mol. The minimum absolute atomic E-state index is 0.215. The molecule has 1 saturated heterocycles. The van der Waals surface area contributed by atoms with E-state index in [0.29, 0.717) is 43.3 Å². The number of benzene rings is 2. The molecule has 256 valence electrons. The van der Waals surface area contributed by atoms with Gasteiger partial charge < -0.3 is 19.1 Å². The van der Waals surface area contributed by atoms with Crippen LogP contribution in [0.1, 0.15) is 64.5 Å². The van der Waals surface area contributed by atoms with E-state index in [1.54, 1.807) is 44.4 Å². The zero-order valence-corrected chi connectivity index (χ0v) is 28.9. The highest BCUT2D eigenvalue weighted by Crippen LogP contribution is 2.28. The van der Waals surface area contributed by atoms with Crippen LogP contribution in [0.25, 0.3) is 0 Å². The lowest BCUT2D eigenvalue weighted by atomic mass is 9.95. The predicted octanol–water partition coefficient (Wildman–Crippen LogP) is 5.37. The second-order valence-electron chi connectivity index (χ2n) is 13.0. The molecule has 0 radical (unpaired) electrons. The van der Waals surface area contributed by atoms with E-state index in [2.05, 4.69) is 5.32 Å². The van der Waals surface area contributed by atoms with Gasteiger partial charge in [-0.3, -0.25) is 24.6 Å². The Morgan fingerprint density at radius 1 is 0.979 bits per heavy atom. The molecular weight excluding hydrogens is 618 g/mol. The van der Waals surface area contributed by atoms with Gasteiger partial charge in [-0.2, -0.15) is 11.8 Å². The molecule has 2 heterocycles. The monoisotopic (exact) mass is 667 g/mol. The Balaban J connectivity index is 1.28. The average molecular weight is 668 g/mol. The first kappa shape index (κ1) is 36.3. The maximum absolute atomic E-state index is 13.9. The number of nitrogens with zero attached hydrogens (tertiary/aromatic N) is 2. The summed E-state index contributed by atoms with van der Waals surface area (Å²) in [5.41, 5.74) is 1.94. The molecular formula is C36H49N3O7S. The van der Waals surface area contributed by atoms with E-state index < -0.39 is 29.6 Å².